The molecule has 8 heteroatoms. The number of anilines is 2. The number of hydrogen-bond donors (Lipinski definition) is 2. The summed E-state index contributed by atoms with van der Waals surface area (Å²) >= 11 is 1.55. The number of rotatable bonds is 3. The Labute approximate surface area is 150 Å². The van der Waals surface area contributed by atoms with Crippen LogP contribution < -0.4 is 10.2 Å². The van der Waals surface area contributed by atoms with Crippen LogP contribution in [-0.4, -0.2) is 41.2 Å². The normalized spacial score (nSPS) is 19.7. The van der Waals surface area contributed by atoms with Gasteiger partial charge in [-0.05, 0) is 31.7 Å². The maximum absolute atomic E-state index is 12.0. The highest BCUT2D eigenvalue weighted by Crippen LogP contribution is 2.36. The summed E-state index contributed by atoms with van der Waals surface area (Å²) in [7, 11) is 1.00. The highest BCUT2D eigenvalue weighted by Gasteiger charge is 2.30. The molecule has 1 saturated heterocycles. The molecule has 0 aromatic carbocycles. The number of piperidine rings is 1. The molecular weight excluding hydrogens is 338 g/mol. The van der Waals surface area contributed by atoms with E-state index in [0.717, 1.165) is 61.2 Å². The molecule has 2 N–H and O–H groups in total. The summed E-state index contributed by atoms with van der Waals surface area (Å²) in [5, 5.41) is 20.0. The molecule has 1 amide bonds. The molecule has 132 valence electrons. The van der Waals surface area contributed by atoms with Crippen molar-refractivity contribution in [3.8, 4) is 6.07 Å². The first kappa shape index (κ1) is 17.6. The quantitative estimate of drug-likeness (QED) is 0.872. The average Bonchev–Trinajstić information content (AvgIpc) is 3.42. The van der Waals surface area contributed by atoms with Crippen molar-refractivity contribution in [2.45, 2.75) is 25.7 Å². The van der Waals surface area contributed by atoms with E-state index in [-0.39, 0.29) is 17.7 Å². The van der Waals surface area contributed by atoms with E-state index in [2.05, 4.69) is 26.3 Å². The number of carbonyl (C=O) groups is 1. The van der Waals surface area contributed by atoms with Crippen LogP contribution in [0.3, 0.4) is 0 Å². The summed E-state index contributed by atoms with van der Waals surface area (Å²) in [6.07, 6.45) is 5.60. The maximum atomic E-state index is 12.0. The van der Waals surface area contributed by atoms with Crippen LogP contribution in [0.2, 0.25) is 0 Å². The van der Waals surface area contributed by atoms with E-state index in [1.807, 2.05) is 6.07 Å². The Morgan fingerprint density at radius 2 is 2.24 bits per heavy atom. The summed E-state index contributed by atoms with van der Waals surface area (Å²) in [5.74, 6) is 0.889. The Hall–Kier alpha value is -2.24. The van der Waals surface area contributed by atoms with Gasteiger partial charge in [-0.15, -0.1) is 0 Å². The van der Waals surface area contributed by atoms with E-state index in [0.29, 0.717) is 5.82 Å². The number of hydrogen-bond acceptors (Lipinski definition) is 7. The number of nitriles is 1. The predicted molar refractivity (Wildman–Crippen MR) is 97.5 cm³/mol. The number of fused-ring (bicyclic) bond motifs is 1. The van der Waals surface area contributed by atoms with Gasteiger partial charge in [0.05, 0.1) is 22.2 Å². The minimum atomic E-state index is 0.0578. The summed E-state index contributed by atoms with van der Waals surface area (Å²) in [4.78, 5) is 23.2. The Morgan fingerprint density at radius 1 is 1.44 bits per heavy atom. The third-order valence-corrected chi connectivity index (χ3v) is 5.50. The molecule has 4 rings (SSSR count). The zero-order valence-electron chi connectivity index (χ0n) is 14.1. The number of aliphatic hydroxyl groups excluding tert-OH is 1. The monoisotopic (exact) mass is 359 g/mol. The van der Waals surface area contributed by atoms with Gasteiger partial charge in [0.2, 0.25) is 5.91 Å². The Morgan fingerprint density at radius 3 is 2.96 bits per heavy atom. The van der Waals surface area contributed by atoms with Gasteiger partial charge in [0.25, 0.3) is 0 Å². The molecule has 1 atom stereocenters. The summed E-state index contributed by atoms with van der Waals surface area (Å²) in [5.41, 5.74) is 0.852. The van der Waals surface area contributed by atoms with Crippen molar-refractivity contribution in [3.63, 3.8) is 0 Å². The minimum Gasteiger partial charge on any atom is -0.400 e. The first-order valence-electron chi connectivity index (χ1n) is 8.40. The largest absolute Gasteiger partial charge is 0.400 e. The predicted octanol–water partition coefficient (Wildman–Crippen LogP) is 2.39. The number of aromatic nitrogens is 2. The topological polar surface area (TPSA) is 102 Å². The Bertz CT molecular complexity index is 796. The first-order chi connectivity index (χ1) is 12.2. The molecule has 2 aliphatic rings. The summed E-state index contributed by atoms with van der Waals surface area (Å²) in [6.45, 7) is 1.66. The highest BCUT2D eigenvalue weighted by molar-refractivity contribution is 7.22. The average molecular weight is 359 g/mol. The zero-order chi connectivity index (χ0) is 17.8. The molecule has 2 fully saturated rings. The standard InChI is InChI=1S/C16H17N5OS.CH4O/c17-8-10-2-1-7-21(9-10)16-19-12-5-6-18-14(13(12)23-16)20-15(22)11-3-4-11;1-2/h5-6,10-11H,1-4,7,9H2,(H,18,20,22);2H,1H3/t10-;/m1./s1. The summed E-state index contributed by atoms with van der Waals surface area (Å²) < 4.78 is 0.913. The smallest absolute Gasteiger partial charge is 0.228 e. The van der Waals surface area contributed by atoms with E-state index in [4.69, 9.17) is 10.4 Å². The van der Waals surface area contributed by atoms with Crippen molar-refractivity contribution in [2.75, 3.05) is 30.4 Å². The molecule has 25 heavy (non-hydrogen) atoms. The lowest BCUT2D eigenvalue weighted by atomic mass is 10.0. The van der Waals surface area contributed by atoms with Crippen molar-refractivity contribution in [2.24, 2.45) is 11.8 Å². The van der Waals surface area contributed by atoms with E-state index < -0.39 is 0 Å². The van der Waals surface area contributed by atoms with Crippen LogP contribution in [0.1, 0.15) is 25.7 Å². The molecule has 1 saturated carbocycles. The molecule has 2 aromatic heterocycles. The molecule has 1 aliphatic heterocycles. The van der Waals surface area contributed by atoms with E-state index >= 15 is 0 Å². The van der Waals surface area contributed by atoms with Crippen LogP contribution in [0, 0.1) is 23.2 Å². The third-order valence-electron chi connectivity index (χ3n) is 4.36. The molecule has 1 aliphatic carbocycles. The van der Waals surface area contributed by atoms with E-state index in [1.165, 1.54) is 0 Å². The second-order valence-corrected chi connectivity index (χ2v) is 7.16. The van der Waals surface area contributed by atoms with Crippen molar-refractivity contribution in [1.82, 2.24) is 9.97 Å². The van der Waals surface area contributed by atoms with Crippen molar-refractivity contribution in [1.29, 1.82) is 5.26 Å². The van der Waals surface area contributed by atoms with Gasteiger partial charge in [-0.2, -0.15) is 5.26 Å². The maximum Gasteiger partial charge on any atom is 0.228 e. The minimum absolute atomic E-state index is 0.0578. The fourth-order valence-electron chi connectivity index (χ4n) is 2.89. The van der Waals surface area contributed by atoms with Crippen LogP contribution in [-0.2, 0) is 4.79 Å². The molecular formula is C17H21N5O2S. The third kappa shape index (κ3) is 3.89. The fourth-order valence-corrected chi connectivity index (χ4v) is 3.93. The SMILES string of the molecule is CO.N#C[C@H]1CCCN(c2nc3ccnc(NC(=O)C4CC4)c3s2)C1. The number of nitrogens with one attached hydrogen (secondary N) is 1. The molecule has 0 unspecified atom stereocenters. The lowest BCUT2D eigenvalue weighted by Crippen LogP contribution is -2.34. The molecule has 2 aromatic rings. The van der Waals surface area contributed by atoms with Crippen LogP contribution in [0.5, 0.6) is 0 Å². The zero-order valence-corrected chi connectivity index (χ0v) is 14.9. The van der Waals surface area contributed by atoms with Gasteiger partial charge in [0, 0.05) is 32.3 Å². The number of amides is 1. The van der Waals surface area contributed by atoms with Crippen LogP contribution >= 0.6 is 11.3 Å². The van der Waals surface area contributed by atoms with E-state index in [9.17, 15) is 4.79 Å². The van der Waals surface area contributed by atoms with Gasteiger partial charge in [0.15, 0.2) is 10.9 Å². The van der Waals surface area contributed by atoms with Gasteiger partial charge in [-0.1, -0.05) is 11.3 Å². The number of carbonyl (C=O) groups excluding carboxylic acids is 1. The molecule has 0 radical (unpaired) electrons. The number of pyridine rings is 1. The first-order valence-corrected chi connectivity index (χ1v) is 9.22. The second kappa shape index (κ2) is 7.76. The molecule has 3 heterocycles. The lowest BCUT2D eigenvalue weighted by molar-refractivity contribution is -0.117. The van der Waals surface area contributed by atoms with E-state index in [1.54, 1.807) is 17.5 Å². The van der Waals surface area contributed by atoms with Crippen molar-refractivity contribution < 1.29 is 9.90 Å². The van der Waals surface area contributed by atoms with Gasteiger partial charge < -0.3 is 15.3 Å². The molecule has 0 bridgehead atoms. The fraction of sp³-hybridized carbons (Fsp3) is 0.529. The number of aliphatic hydroxyl groups is 1. The van der Waals surface area contributed by atoms with Crippen molar-refractivity contribution in [3.05, 3.63) is 12.3 Å². The van der Waals surface area contributed by atoms with Gasteiger partial charge in [-0.3, -0.25) is 4.79 Å². The summed E-state index contributed by atoms with van der Waals surface area (Å²) in [6, 6.07) is 4.23. The van der Waals surface area contributed by atoms with Gasteiger partial charge >= 0.3 is 0 Å². The second-order valence-electron chi connectivity index (χ2n) is 6.18. The van der Waals surface area contributed by atoms with Crippen LogP contribution in [0.4, 0.5) is 10.9 Å². The number of thiazole rings is 1. The van der Waals surface area contributed by atoms with Gasteiger partial charge in [0.1, 0.15) is 0 Å². The molecule has 0 spiro atoms. The van der Waals surface area contributed by atoms with Gasteiger partial charge in [-0.25, -0.2) is 9.97 Å². The Balaban J connectivity index is 0.000000880. The number of nitrogens with zero attached hydrogens (tertiary/aromatic N) is 4. The van der Waals surface area contributed by atoms with Crippen LogP contribution in [0.15, 0.2) is 12.3 Å². The highest BCUT2D eigenvalue weighted by atomic mass is 32.1. The van der Waals surface area contributed by atoms with Crippen molar-refractivity contribution >= 4 is 38.4 Å². The Kier molecular flexibility index (Phi) is 5.46. The molecule has 7 nitrogen and oxygen atoms in total. The lowest BCUT2D eigenvalue weighted by Gasteiger charge is -2.28. The van der Waals surface area contributed by atoms with Crippen LogP contribution in [0.25, 0.3) is 10.2 Å².